The number of rotatable bonds is 4. The summed E-state index contributed by atoms with van der Waals surface area (Å²) in [7, 11) is 0. The third-order valence-corrected chi connectivity index (χ3v) is 1.78. The van der Waals surface area contributed by atoms with Crippen molar-refractivity contribution < 1.29 is 4.39 Å². The van der Waals surface area contributed by atoms with Gasteiger partial charge in [0.05, 0.1) is 5.83 Å². The number of hydrogen-bond acceptors (Lipinski definition) is 0. The minimum atomic E-state index is -0.192. The average Bonchev–Trinajstić information content (AvgIpc) is 1.98. The number of allylic oxidation sites excluding steroid dienone is 5. The lowest BCUT2D eigenvalue weighted by molar-refractivity contribution is 0.639. The molecule has 0 rings (SSSR count). The minimum Gasteiger partial charge on any atom is -0.212 e. The van der Waals surface area contributed by atoms with Gasteiger partial charge in [0.15, 0.2) is 0 Å². The van der Waals surface area contributed by atoms with Crippen molar-refractivity contribution in [2.45, 2.75) is 34.1 Å². The molecular weight excluding hydrogens is 163 g/mol. The van der Waals surface area contributed by atoms with Crippen molar-refractivity contribution in [3.63, 3.8) is 0 Å². The molecule has 0 aromatic carbocycles. The van der Waals surface area contributed by atoms with Crippen LogP contribution in [0.25, 0.3) is 0 Å². The van der Waals surface area contributed by atoms with Gasteiger partial charge in [-0.05, 0) is 43.4 Å². The zero-order valence-electron chi connectivity index (χ0n) is 9.02. The Labute approximate surface area is 80.9 Å². The van der Waals surface area contributed by atoms with E-state index in [1.807, 2.05) is 6.92 Å². The summed E-state index contributed by atoms with van der Waals surface area (Å²) in [6.07, 6.45) is 4.59. The third kappa shape index (κ3) is 6.32. The van der Waals surface area contributed by atoms with E-state index in [2.05, 4.69) is 26.5 Å². The third-order valence-electron chi connectivity index (χ3n) is 1.78. The molecule has 0 spiro atoms. The van der Waals surface area contributed by atoms with Gasteiger partial charge in [0.2, 0.25) is 0 Å². The molecule has 0 aliphatic rings. The maximum absolute atomic E-state index is 12.5. The van der Waals surface area contributed by atoms with E-state index in [0.29, 0.717) is 5.92 Å². The Morgan fingerprint density at radius 1 is 1.38 bits per heavy atom. The first-order valence-corrected chi connectivity index (χ1v) is 4.63. The van der Waals surface area contributed by atoms with Crippen molar-refractivity contribution in [3.05, 3.63) is 35.7 Å². The molecule has 0 saturated carbocycles. The smallest absolute Gasteiger partial charge is 0.0974 e. The summed E-state index contributed by atoms with van der Waals surface area (Å²) in [5.74, 6) is 0.445. The van der Waals surface area contributed by atoms with Crippen LogP contribution in [0.1, 0.15) is 34.1 Å². The van der Waals surface area contributed by atoms with E-state index in [0.717, 1.165) is 17.6 Å². The highest BCUT2D eigenvalue weighted by Gasteiger charge is 1.95. The second kappa shape index (κ2) is 5.74. The Morgan fingerprint density at radius 3 is 2.31 bits per heavy atom. The molecule has 0 nitrogen and oxygen atoms in total. The van der Waals surface area contributed by atoms with Gasteiger partial charge in [-0.2, -0.15) is 0 Å². The van der Waals surface area contributed by atoms with Gasteiger partial charge >= 0.3 is 0 Å². The maximum Gasteiger partial charge on any atom is 0.0974 e. The van der Waals surface area contributed by atoms with E-state index in [9.17, 15) is 4.39 Å². The Kier molecular flexibility index (Phi) is 5.36. The summed E-state index contributed by atoms with van der Waals surface area (Å²) >= 11 is 0. The second-order valence-electron chi connectivity index (χ2n) is 3.77. The monoisotopic (exact) mass is 182 g/mol. The fraction of sp³-hybridized carbons (Fsp3) is 0.500. The predicted molar refractivity (Wildman–Crippen MR) is 57.2 cm³/mol. The van der Waals surface area contributed by atoms with E-state index in [-0.39, 0.29) is 5.83 Å². The van der Waals surface area contributed by atoms with Crippen LogP contribution in [0.15, 0.2) is 35.7 Å². The van der Waals surface area contributed by atoms with E-state index in [1.54, 1.807) is 0 Å². The van der Waals surface area contributed by atoms with Crippen LogP contribution in [-0.2, 0) is 0 Å². The first kappa shape index (κ1) is 12.2. The van der Waals surface area contributed by atoms with Crippen molar-refractivity contribution in [3.8, 4) is 0 Å². The summed E-state index contributed by atoms with van der Waals surface area (Å²) in [6, 6.07) is 0. The Morgan fingerprint density at radius 2 is 1.92 bits per heavy atom. The minimum absolute atomic E-state index is 0.192. The molecule has 13 heavy (non-hydrogen) atoms. The van der Waals surface area contributed by atoms with Crippen molar-refractivity contribution in [1.29, 1.82) is 0 Å². The lowest BCUT2D eigenvalue weighted by atomic mass is 10.0. The van der Waals surface area contributed by atoms with Crippen LogP contribution in [0.4, 0.5) is 4.39 Å². The lowest BCUT2D eigenvalue weighted by Crippen LogP contribution is -1.86. The summed E-state index contributed by atoms with van der Waals surface area (Å²) in [5.41, 5.74) is 1.83. The predicted octanol–water partition coefficient (Wildman–Crippen LogP) is 4.41. The normalized spacial score (nSPS) is 13.7. The van der Waals surface area contributed by atoms with Crippen LogP contribution in [0.3, 0.4) is 0 Å². The molecule has 0 amide bonds. The average molecular weight is 182 g/mol. The largest absolute Gasteiger partial charge is 0.212 e. The van der Waals surface area contributed by atoms with Gasteiger partial charge in [0, 0.05) is 0 Å². The van der Waals surface area contributed by atoms with Gasteiger partial charge < -0.3 is 0 Å². The molecule has 0 aliphatic carbocycles. The van der Waals surface area contributed by atoms with E-state index in [1.165, 1.54) is 13.0 Å². The highest BCUT2D eigenvalue weighted by atomic mass is 19.1. The zero-order valence-corrected chi connectivity index (χ0v) is 9.02. The van der Waals surface area contributed by atoms with Crippen molar-refractivity contribution in [2.24, 2.45) is 5.92 Å². The number of hydrogen-bond donors (Lipinski definition) is 0. The van der Waals surface area contributed by atoms with Crippen LogP contribution in [0.5, 0.6) is 0 Å². The molecule has 0 unspecified atom stereocenters. The van der Waals surface area contributed by atoms with E-state index >= 15 is 0 Å². The molecule has 0 bridgehead atoms. The van der Waals surface area contributed by atoms with Gasteiger partial charge in [-0.3, -0.25) is 0 Å². The molecule has 0 aromatic heterocycles. The van der Waals surface area contributed by atoms with Crippen LogP contribution in [0, 0.1) is 5.92 Å². The van der Waals surface area contributed by atoms with Gasteiger partial charge in [-0.15, -0.1) is 0 Å². The summed E-state index contributed by atoms with van der Waals surface area (Å²) in [6.45, 7) is 11.5. The molecule has 0 aromatic rings. The van der Waals surface area contributed by atoms with Crippen LogP contribution >= 0.6 is 0 Å². The SMILES string of the molecule is C=C(/C=C(\C)F)/C(C)=C/CC(C)C. The fourth-order valence-electron chi connectivity index (χ4n) is 0.897. The molecule has 0 saturated heterocycles. The first-order chi connectivity index (χ1) is 5.93. The molecule has 1 heteroatoms. The summed E-state index contributed by atoms with van der Waals surface area (Å²) in [5, 5.41) is 0. The highest BCUT2D eigenvalue weighted by Crippen LogP contribution is 2.13. The Bertz CT molecular complexity index is 228. The Hall–Kier alpha value is -0.850. The fourth-order valence-corrected chi connectivity index (χ4v) is 0.897. The first-order valence-electron chi connectivity index (χ1n) is 4.63. The van der Waals surface area contributed by atoms with Gasteiger partial charge in [0.1, 0.15) is 0 Å². The van der Waals surface area contributed by atoms with Crippen LogP contribution in [-0.4, -0.2) is 0 Å². The van der Waals surface area contributed by atoms with Crippen molar-refractivity contribution >= 4 is 0 Å². The zero-order chi connectivity index (χ0) is 10.4. The topological polar surface area (TPSA) is 0 Å². The molecule has 74 valence electrons. The van der Waals surface area contributed by atoms with Crippen molar-refractivity contribution in [2.75, 3.05) is 0 Å². The van der Waals surface area contributed by atoms with Gasteiger partial charge in [-0.25, -0.2) is 4.39 Å². The van der Waals surface area contributed by atoms with Crippen LogP contribution < -0.4 is 0 Å². The van der Waals surface area contributed by atoms with E-state index in [4.69, 9.17) is 0 Å². The molecule has 0 fully saturated rings. The van der Waals surface area contributed by atoms with E-state index < -0.39 is 0 Å². The van der Waals surface area contributed by atoms with Gasteiger partial charge in [-0.1, -0.05) is 26.5 Å². The molecule has 0 radical (unpaired) electrons. The molecule has 0 aliphatic heterocycles. The molecule has 0 heterocycles. The van der Waals surface area contributed by atoms with Crippen LogP contribution in [0.2, 0.25) is 0 Å². The molecule has 0 N–H and O–H groups in total. The van der Waals surface area contributed by atoms with Gasteiger partial charge in [0.25, 0.3) is 0 Å². The second-order valence-corrected chi connectivity index (χ2v) is 3.77. The summed E-state index contributed by atoms with van der Waals surface area (Å²) in [4.78, 5) is 0. The molecule has 0 atom stereocenters. The lowest BCUT2D eigenvalue weighted by Gasteiger charge is -2.02. The highest BCUT2D eigenvalue weighted by molar-refractivity contribution is 5.36. The Balaban J connectivity index is 4.26. The quantitative estimate of drug-likeness (QED) is 0.565. The van der Waals surface area contributed by atoms with Crippen molar-refractivity contribution in [1.82, 2.24) is 0 Å². The number of halogens is 1. The summed E-state index contributed by atoms with van der Waals surface area (Å²) < 4.78 is 12.5. The molecular formula is C12H19F. The maximum atomic E-state index is 12.5. The standard InChI is InChI=1S/C12H19F/c1-9(2)6-7-10(3)11(4)8-12(5)13/h7-9H,4,6H2,1-3,5H3/b10-7+,12-8+.